The van der Waals surface area contributed by atoms with Crippen LogP contribution in [-0.2, 0) is 12.0 Å². The minimum Gasteiger partial charge on any atom is -0.506 e. The van der Waals surface area contributed by atoms with Gasteiger partial charge in [0.25, 0.3) is 5.91 Å². The summed E-state index contributed by atoms with van der Waals surface area (Å²) in [7, 11) is 0. The number of nitro groups is 1. The van der Waals surface area contributed by atoms with Crippen molar-refractivity contribution in [2.24, 2.45) is 0 Å². The fraction of sp³-hybridized carbons (Fsp3) is 0.304. The predicted molar refractivity (Wildman–Crippen MR) is 119 cm³/mol. The van der Waals surface area contributed by atoms with E-state index in [9.17, 15) is 20.0 Å². The normalized spacial score (nSPS) is 11.4. The van der Waals surface area contributed by atoms with E-state index in [4.69, 9.17) is 0 Å². The maximum Gasteiger partial charge on any atom is 0.312 e. The fourth-order valence-corrected chi connectivity index (χ4v) is 3.34. The zero-order valence-corrected chi connectivity index (χ0v) is 18.3. The van der Waals surface area contributed by atoms with E-state index in [2.05, 4.69) is 31.2 Å². The van der Waals surface area contributed by atoms with E-state index in [0.717, 1.165) is 11.1 Å². The van der Waals surface area contributed by atoms with Gasteiger partial charge in [-0.1, -0.05) is 39.0 Å². The molecule has 2 N–H and O–H groups in total. The molecule has 3 aromatic rings. The Balaban J connectivity index is 1.76. The predicted octanol–water partition coefficient (Wildman–Crippen LogP) is 4.71. The molecule has 8 heteroatoms. The lowest BCUT2D eigenvalue weighted by Crippen LogP contribution is -2.15. The number of amides is 1. The second-order valence-electron chi connectivity index (χ2n) is 8.57. The Morgan fingerprint density at radius 1 is 1.16 bits per heavy atom. The van der Waals surface area contributed by atoms with Crippen LogP contribution in [-0.4, -0.2) is 25.7 Å². The number of carbonyl (C=O) groups excluding carboxylic acids is 1. The van der Waals surface area contributed by atoms with Gasteiger partial charge >= 0.3 is 5.69 Å². The molecule has 0 radical (unpaired) electrons. The molecule has 0 aliphatic heterocycles. The number of nitrogens with one attached hydrogen (secondary N) is 1. The van der Waals surface area contributed by atoms with Crippen LogP contribution in [0.2, 0.25) is 0 Å². The minimum absolute atomic E-state index is 0.00379. The first-order valence-electron chi connectivity index (χ1n) is 9.89. The Morgan fingerprint density at radius 2 is 1.81 bits per heavy atom. The molecule has 0 saturated heterocycles. The molecule has 1 aromatic heterocycles. The monoisotopic (exact) mass is 422 g/mol. The van der Waals surface area contributed by atoms with Crippen LogP contribution in [0.1, 0.15) is 53.6 Å². The van der Waals surface area contributed by atoms with Crippen molar-refractivity contribution in [3.8, 4) is 5.75 Å². The second-order valence-corrected chi connectivity index (χ2v) is 8.57. The number of carbonyl (C=O) groups is 1. The van der Waals surface area contributed by atoms with Gasteiger partial charge < -0.3 is 10.4 Å². The standard InChI is InChI=1S/C23H26N4O4/c1-14-21(27(30)31)15(2)26(25-14)13-16-6-8-17(9-7-16)22(29)24-19-12-18(23(3,4)5)10-11-20(19)28/h6-12,28H,13H2,1-5H3,(H,24,29). The molecule has 0 fully saturated rings. The third-order valence-corrected chi connectivity index (χ3v) is 5.19. The Kier molecular flexibility index (Phi) is 5.83. The molecule has 31 heavy (non-hydrogen) atoms. The van der Waals surface area contributed by atoms with E-state index >= 15 is 0 Å². The van der Waals surface area contributed by atoms with Gasteiger partial charge in [0.1, 0.15) is 17.1 Å². The highest BCUT2D eigenvalue weighted by Gasteiger charge is 2.22. The first kappa shape index (κ1) is 22.0. The van der Waals surface area contributed by atoms with E-state index in [0.29, 0.717) is 29.2 Å². The molecule has 3 rings (SSSR count). The first-order valence-corrected chi connectivity index (χ1v) is 9.89. The zero-order chi connectivity index (χ0) is 22.9. The van der Waals surface area contributed by atoms with Crippen molar-refractivity contribution < 1.29 is 14.8 Å². The number of phenolic OH excluding ortho intramolecular Hbond substituents is 1. The number of benzene rings is 2. The van der Waals surface area contributed by atoms with Crippen LogP contribution in [0.5, 0.6) is 5.75 Å². The number of nitrogens with zero attached hydrogens (tertiary/aromatic N) is 3. The van der Waals surface area contributed by atoms with Gasteiger partial charge in [0.2, 0.25) is 0 Å². The molecule has 162 valence electrons. The number of aromatic hydroxyl groups is 1. The molecule has 0 aliphatic rings. The average Bonchev–Trinajstić information content (AvgIpc) is 2.96. The van der Waals surface area contributed by atoms with Gasteiger partial charge in [-0.3, -0.25) is 19.6 Å². The number of anilines is 1. The molecule has 0 atom stereocenters. The van der Waals surface area contributed by atoms with E-state index in [1.807, 2.05) is 6.07 Å². The molecule has 0 aliphatic carbocycles. The van der Waals surface area contributed by atoms with Crippen molar-refractivity contribution in [2.45, 2.75) is 46.6 Å². The molecule has 0 saturated carbocycles. The van der Waals surface area contributed by atoms with E-state index in [-0.39, 0.29) is 22.8 Å². The van der Waals surface area contributed by atoms with Crippen LogP contribution < -0.4 is 5.32 Å². The number of hydrogen-bond donors (Lipinski definition) is 2. The van der Waals surface area contributed by atoms with Crippen LogP contribution in [0.4, 0.5) is 11.4 Å². The van der Waals surface area contributed by atoms with Gasteiger partial charge in [-0.25, -0.2) is 0 Å². The third kappa shape index (κ3) is 4.74. The topological polar surface area (TPSA) is 110 Å². The highest BCUT2D eigenvalue weighted by Crippen LogP contribution is 2.31. The fourth-order valence-electron chi connectivity index (χ4n) is 3.34. The van der Waals surface area contributed by atoms with Gasteiger partial charge in [0, 0.05) is 5.56 Å². The molecule has 0 unspecified atom stereocenters. The lowest BCUT2D eigenvalue weighted by Gasteiger charge is -2.20. The van der Waals surface area contributed by atoms with Crippen molar-refractivity contribution in [2.75, 3.05) is 5.32 Å². The van der Waals surface area contributed by atoms with Crippen LogP contribution in [0, 0.1) is 24.0 Å². The molecule has 2 aromatic carbocycles. The minimum atomic E-state index is -0.425. The van der Waals surface area contributed by atoms with E-state index < -0.39 is 4.92 Å². The number of aryl methyl sites for hydroxylation is 1. The molecule has 1 amide bonds. The lowest BCUT2D eigenvalue weighted by atomic mass is 9.87. The average molecular weight is 422 g/mol. The second kappa shape index (κ2) is 8.22. The highest BCUT2D eigenvalue weighted by molar-refractivity contribution is 6.05. The Labute approximate surface area is 180 Å². The maximum atomic E-state index is 12.7. The van der Waals surface area contributed by atoms with E-state index in [1.54, 1.807) is 54.9 Å². The summed E-state index contributed by atoms with van der Waals surface area (Å²) < 4.78 is 1.58. The van der Waals surface area contributed by atoms with Crippen molar-refractivity contribution in [3.05, 3.63) is 80.7 Å². The smallest absolute Gasteiger partial charge is 0.312 e. The summed E-state index contributed by atoms with van der Waals surface area (Å²) >= 11 is 0. The third-order valence-electron chi connectivity index (χ3n) is 5.19. The molecular formula is C23H26N4O4. The van der Waals surface area contributed by atoms with Crippen molar-refractivity contribution >= 4 is 17.3 Å². The van der Waals surface area contributed by atoms with Gasteiger partial charge in [-0.15, -0.1) is 0 Å². The summed E-state index contributed by atoms with van der Waals surface area (Å²) in [5.74, 6) is -0.334. The highest BCUT2D eigenvalue weighted by atomic mass is 16.6. The van der Waals surface area contributed by atoms with Gasteiger partial charge in [-0.05, 0) is 54.7 Å². The molecule has 0 spiro atoms. The number of aromatic nitrogens is 2. The summed E-state index contributed by atoms with van der Waals surface area (Å²) in [4.78, 5) is 23.4. The maximum absolute atomic E-state index is 12.7. The lowest BCUT2D eigenvalue weighted by molar-refractivity contribution is -0.386. The number of phenols is 1. The largest absolute Gasteiger partial charge is 0.506 e. The molecule has 0 bridgehead atoms. The van der Waals surface area contributed by atoms with Crippen LogP contribution in [0.15, 0.2) is 42.5 Å². The Bertz CT molecular complexity index is 1140. The van der Waals surface area contributed by atoms with Crippen molar-refractivity contribution in [1.82, 2.24) is 9.78 Å². The quantitative estimate of drug-likeness (QED) is 0.351. The number of hydrogen-bond acceptors (Lipinski definition) is 5. The summed E-state index contributed by atoms with van der Waals surface area (Å²) in [6.45, 7) is 9.80. The molecular weight excluding hydrogens is 396 g/mol. The van der Waals surface area contributed by atoms with Gasteiger partial charge in [-0.2, -0.15) is 5.10 Å². The van der Waals surface area contributed by atoms with Crippen molar-refractivity contribution in [3.63, 3.8) is 0 Å². The number of rotatable bonds is 5. The summed E-state index contributed by atoms with van der Waals surface area (Å²) in [5.41, 5.74) is 3.40. The summed E-state index contributed by atoms with van der Waals surface area (Å²) in [6.07, 6.45) is 0. The zero-order valence-electron chi connectivity index (χ0n) is 18.3. The van der Waals surface area contributed by atoms with Crippen molar-refractivity contribution in [1.29, 1.82) is 0 Å². The SMILES string of the molecule is Cc1nn(Cc2ccc(C(=O)Nc3cc(C(C)(C)C)ccc3O)cc2)c(C)c1[N+](=O)[O-]. The molecule has 1 heterocycles. The first-order chi connectivity index (χ1) is 14.5. The summed E-state index contributed by atoms with van der Waals surface area (Å²) in [5, 5.41) is 28.3. The van der Waals surface area contributed by atoms with Crippen LogP contribution in [0.25, 0.3) is 0 Å². The van der Waals surface area contributed by atoms with Gasteiger partial charge in [0.15, 0.2) is 0 Å². The molecule has 8 nitrogen and oxygen atoms in total. The summed E-state index contributed by atoms with van der Waals surface area (Å²) in [6, 6.07) is 12.1. The van der Waals surface area contributed by atoms with Crippen LogP contribution in [0.3, 0.4) is 0 Å². The van der Waals surface area contributed by atoms with Gasteiger partial charge in [0.05, 0.1) is 17.2 Å². The van der Waals surface area contributed by atoms with E-state index in [1.165, 1.54) is 0 Å². The van der Waals surface area contributed by atoms with Crippen LogP contribution >= 0.6 is 0 Å². The Hall–Kier alpha value is -3.68. The Morgan fingerprint density at radius 3 is 2.35 bits per heavy atom.